The zero-order valence-corrected chi connectivity index (χ0v) is 12.2. The number of carbonyl (C=O) groups excluding carboxylic acids is 3. The second-order valence-electron chi connectivity index (χ2n) is 4.81. The van der Waals surface area contributed by atoms with Gasteiger partial charge in [-0.2, -0.15) is 0 Å². The smallest absolute Gasteiger partial charge is 0.256 e. The van der Waals surface area contributed by atoms with Crippen molar-refractivity contribution in [1.29, 1.82) is 0 Å². The van der Waals surface area contributed by atoms with Gasteiger partial charge in [-0.3, -0.25) is 19.7 Å². The van der Waals surface area contributed by atoms with Crippen LogP contribution < -0.4 is 5.32 Å². The first-order valence-electron chi connectivity index (χ1n) is 5.75. The van der Waals surface area contributed by atoms with E-state index in [0.29, 0.717) is 10.0 Å². The first-order chi connectivity index (χ1) is 8.84. The van der Waals surface area contributed by atoms with E-state index in [4.69, 9.17) is 0 Å². The number of carbonyl (C=O) groups is 3. The van der Waals surface area contributed by atoms with E-state index in [1.165, 1.54) is 4.90 Å². The summed E-state index contributed by atoms with van der Waals surface area (Å²) in [5.74, 6) is -1.28. The highest BCUT2D eigenvalue weighted by Crippen LogP contribution is 2.24. The van der Waals surface area contributed by atoms with Gasteiger partial charge in [0, 0.05) is 4.47 Å². The van der Waals surface area contributed by atoms with Gasteiger partial charge in [0.15, 0.2) is 0 Å². The summed E-state index contributed by atoms with van der Waals surface area (Å²) in [5.41, 5.74) is -0.627. The van der Waals surface area contributed by atoms with Crippen LogP contribution in [-0.4, -0.2) is 34.7 Å². The Morgan fingerprint density at radius 3 is 2.58 bits per heavy atom. The maximum atomic E-state index is 12.5. The summed E-state index contributed by atoms with van der Waals surface area (Å²) in [4.78, 5) is 37.1. The molecule has 0 unspecified atom stereocenters. The molecule has 2 rings (SSSR count). The minimum atomic E-state index is -1.06. The molecular formula is C13H13BrN2O3. The molecule has 19 heavy (non-hydrogen) atoms. The van der Waals surface area contributed by atoms with E-state index in [1.54, 1.807) is 38.1 Å². The van der Waals surface area contributed by atoms with Gasteiger partial charge in [0.25, 0.3) is 11.8 Å². The molecule has 0 aromatic heterocycles. The van der Waals surface area contributed by atoms with Crippen molar-refractivity contribution in [2.45, 2.75) is 19.4 Å². The standard InChI is InChI=1S/C13H13BrN2O3/c1-13(2)12(19)15-10(17)7-16(13)11(18)8-5-3-4-6-9(8)14/h3-6H,7H2,1-2H3,(H,15,17,19). The number of hydrogen-bond donors (Lipinski definition) is 1. The van der Waals surface area contributed by atoms with Gasteiger partial charge < -0.3 is 4.90 Å². The van der Waals surface area contributed by atoms with Gasteiger partial charge in [-0.05, 0) is 41.9 Å². The van der Waals surface area contributed by atoms with Gasteiger partial charge in [-0.15, -0.1) is 0 Å². The largest absolute Gasteiger partial charge is 0.315 e. The van der Waals surface area contributed by atoms with Crippen molar-refractivity contribution in [2.75, 3.05) is 6.54 Å². The Bertz CT molecular complexity index is 569. The van der Waals surface area contributed by atoms with Crippen molar-refractivity contribution in [2.24, 2.45) is 0 Å². The van der Waals surface area contributed by atoms with Crippen molar-refractivity contribution in [3.63, 3.8) is 0 Å². The maximum absolute atomic E-state index is 12.5. The molecule has 6 heteroatoms. The van der Waals surface area contributed by atoms with Crippen molar-refractivity contribution >= 4 is 33.7 Å². The van der Waals surface area contributed by atoms with E-state index in [1.807, 2.05) is 0 Å². The van der Waals surface area contributed by atoms with Crippen LogP contribution in [0.4, 0.5) is 0 Å². The molecule has 1 aliphatic heterocycles. The summed E-state index contributed by atoms with van der Waals surface area (Å²) >= 11 is 3.30. The topological polar surface area (TPSA) is 66.5 Å². The summed E-state index contributed by atoms with van der Waals surface area (Å²) in [5, 5.41) is 2.24. The molecule has 0 spiro atoms. The Hall–Kier alpha value is -1.69. The number of nitrogens with zero attached hydrogens (tertiary/aromatic N) is 1. The molecule has 0 bridgehead atoms. The molecule has 100 valence electrons. The molecule has 1 heterocycles. The van der Waals surface area contributed by atoms with Crippen LogP contribution in [0.3, 0.4) is 0 Å². The molecule has 0 atom stereocenters. The molecule has 1 aliphatic rings. The molecule has 0 aliphatic carbocycles. The van der Waals surface area contributed by atoms with Crippen LogP contribution in [0.1, 0.15) is 24.2 Å². The van der Waals surface area contributed by atoms with Crippen LogP contribution in [0, 0.1) is 0 Å². The molecule has 1 fully saturated rings. The van der Waals surface area contributed by atoms with Crippen molar-refractivity contribution in [3.8, 4) is 0 Å². The van der Waals surface area contributed by atoms with Crippen LogP contribution in [0.25, 0.3) is 0 Å². The first kappa shape index (κ1) is 13.7. The second-order valence-corrected chi connectivity index (χ2v) is 5.66. The van der Waals surface area contributed by atoms with Crippen LogP contribution >= 0.6 is 15.9 Å². The van der Waals surface area contributed by atoms with E-state index < -0.39 is 17.4 Å². The zero-order valence-electron chi connectivity index (χ0n) is 10.6. The lowest BCUT2D eigenvalue weighted by Crippen LogP contribution is -2.65. The minimum absolute atomic E-state index is 0.126. The van der Waals surface area contributed by atoms with Crippen molar-refractivity contribution in [1.82, 2.24) is 10.2 Å². The Morgan fingerprint density at radius 2 is 1.95 bits per heavy atom. The highest BCUT2D eigenvalue weighted by Gasteiger charge is 2.43. The van der Waals surface area contributed by atoms with Gasteiger partial charge in [-0.1, -0.05) is 12.1 Å². The minimum Gasteiger partial charge on any atom is -0.315 e. The third kappa shape index (κ3) is 2.40. The molecular weight excluding hydrogens is 312 g/mol. The molecule has 0 radical (unpaired) electrons. The maximum Gasteiger partial charge on any atom is 0.256 e. The average molecular weight is 325 g/mol. The number of rotatable bonds is 1. The highest BCUT2D eigenvalue weighted by molar-refractivity contribution is 9.10. The molecule has 5 nitrogen and oxygen atoms in total. The summed E-state index contributed by atoms with van der Waals surface area (Å²) in [7, 11) is 0. The van der Waals surface area contributed by atoms with Gasteiger partial charge in [0.05, 0.1) is 5.56 Å². The predicted molar refractivity (Wildman–Crippen MR) is 72.4 cm³/mol. The second kappa shape index (κ2) is 4.77. The van der Waals surface area contributed by atoms with Gasteiger partial charge in [0.1, 0.15) is 12.1 Å². The summed E-state index contributed by atoms with van der Waals surface area (Å²) in [6.45, 7) is 3.10. The number of benzene rings is 1. The number of halogens is 1. The Kier molecular flexibility index (Phi) is 3.45. The van der Waals surface area contributed by atoms with Crippen LogP contribution in [0.5, 0.6) is 0 Å². The zero-order chi connectivity index (χ0) is 14.2. The third-order valence-electron chi connectivity index (χ3n) is 3.13. The molecule has 3 amide bonds. The summed E-state index contributed by atoms with van der Waals surface area (Å²) < 4.78 is 0.634. The number of hydrogen-bond acceptors (Lipinski definition) is 3. The lowest BCUT2D eigenvalue weighted by Gasteiger charge is -2.40. The van der Waals surface area contributed by atoms with Crippen molar-refractivity contribution in [3.05, 3.63) is 34.3 Å². The monoisotopic (exact) mass is 324 g/mol. The number of nitrogens with one attached hydrogen (secondary N) is 1. The molecule has 1 aromatic rings. The SMILES string of the molecule is CC1(C)C(=O)NC(=O)CN1C(=O)c1ccccc1Br. The average Bonchev–Trinajstić information content (AvgIpc) is 2.34. The molecule has 1 saturated heterocycles. The normalized spacial score (nSPS) is 18.2. The number of amides is 3. The fraction of sp³-hybridized carbons (Fsp3) is 0.308. The lowest BCUT2D eigenvalue weighted by molar-refractivity contribution is -0.143. The van der Waals surface area contributed by atoms with E-state index in [-0.39, 0.29) is 12.5 Å². The highest BCUT2D eigenvalue weighted by atomic mass is 79.9. The third-order valence-corrected chi connectivity index (χ3v) is 3.83. The van der Waals surface area contributed by atoms with E-state index >= 15 is 0 Å². The van der Waals surface area contributed by atoms with E-state index in [0.717, 1.165) is 0 Å². The van der Waals surface area contributed by atoms with Gasteiger partial charge in [-0.25, -0.2) is 0 Å². The Labute approximate surface area is 119 Å². The first-order valence-corrected chi connectivity index (χ1v) is 6.54. The predicted octanol–water partition coefficient (Wildman–Crippen LogP) is 1.33. The molecule has 1 aromatic carbocycles. The van der Waals surface area contributed by atoms with Crippen LogP contribution in [0.2, 0.25) is 0 Å². The molecule has 1 N–H and O–H groups in total. The van der Waals surface area contributed by atoms with Crippen molar-refractivity contribution < 1.29 is 14.4 Å². The summed E-state index contributed by atoms with van der Waals surface area (Å²) in [6, 6.07) is 6.92. The van der Waals surface area contributed by atoms with E-state index in [2.05, 4.69) is 21.2 Å². The summed E-state index contributed by atoms with van der Waals surface area (Å²) in [6.07, 6.45) is 0. The Morgan fingerprint density at radius 1 is 1.32 bits per heavy atom. The quantitative estimate of drug-likeness (QED) is 0.792. The van der Waals surface area contributed by atoms with Crippen LogP contribution in [-0.2, 0) is 9.59 Å². The number of piperazine rings is 1. The fourth-order valence-corrected chi connectivity index (χ4v) is 2.34. The Balaban J connectivity index is 2.40. The van der Waals surface area contributed by atoms with E-state index in [9.17, 15) is 14.4 Å². The molecule has 0 saturated carbocycles. The number of imide groups is 1. The fourth-order valence-electron chi connectivity index (χ4n) is 1.89. The van der Waals surface area contributed by atoms with Gasteiger partial charge in [0.2, 0.25) is 5.91 Å². The van der Waals surface area contributed by atoms with Gasteiger partial charge >= 0.3 is 0 Å². The lowest BCUT2D eigenvalue weighted by atomic mass is 9.97. The van der Waals surface area contributed by atoms with Crippen LogP contribution in [0.15, 0.2) is 28.7 Å².